The standard InChI is InChI=1S/C17H19N3O/c18-17(21)14-8-16(19-15-7-2-1-6-13(14)15)20-9-11-4-3-5-12(11)10-20/h1-2,6-8,11-12H,3-5,9-10H2,(H2,18,21). The number of anilines is 1. The molecule has 0 bridgehead atoms. The molecule has 1 aliphatic heterocycles. The number of hydrogen-bond donors (Lipinski definition) is 1. The molecule has 0 radical (unpaired) electrons. The van der Waals surface area contributed by atoms with Gasteiger partial charge in [0.25, 0.3) is 0 Å². The lowest BCUT2D eigenvalue weighted by molar-refractivity contribution is 0.100. The van der Waals surface area contributed by atoms with Gasteiger partial charge in [0, 0.05) is 18.5 Å². The molecule has 1 aromatic carbocycles. The molecular formula is C17H19N3O. The molecule has 2 aliphatic rings. The van der Waals surface area contributed by atoms with Crippen LogP contribution in [0.1, 0.15) is 29.6 Å². The Hall–Kier alpha value is -2.10. The van der Waals surface area contributed by atoms with Gasteiger partial charge in [0.2, 0.25) is 5.91 Å². The highest BCUT2D eigenvalue weighted by Crippen LogP contribution is 2.39. The van der Waals surface area contributed by atoms with Crippen molar-refractivity contribution in [2.24, 2.45) is 17.6 Å². The number of primary amides is 1. The van der Waals surface area contributed by atoms with Crippen LogP contribution in [0.15, 0.2) is 30.3 Å². The van der Waals surface area contributed by atoms with Crippen molar-refractivity contribution >= 4 is 22.6 Å². The summed E-state index contributed by atoms with van der Waals surface area (Å²) in [7, 11) is 0. The number of pyridine rings is 1. The van der Waals surface area contributed by atoms with E-state index in [1.54, 1.807) is 0 Å². The average molecular weight is 281 g/mol. The predicted molar refractivity (Wildman–Crippen MR) is 83.3 cm³/mol. The molecule has 1 aliphatic carbocycles. The van der Waals surface area contributed by atoms with Crippen molar-refractivity contribution in [2.75, 3.05) is 18.0 Å². The fourth-order valence-corrected chi connectivity index (χ4v) is 3.95. The van der Waals surface area contributed by atoms with Crippen molar-refractivity contribution in [3.63, 3.8) is 0 Å². The summed E-state index contributed by atoms with van der Waals surface area (Å²) in [6.07, 6.45) is 4.02. The number of benzene rings is 1. The van der Waals surface area contributed by atoms with E-state index in [-0.39, 0.29) is 5.91 Å². The second kappa shape index (κ2) is 4.72. The van der Waals surface area contributed by atoms with E-state index in [1.807, 2.05) is 30.3 Å². The molecule has 2 atom stereocenters. The maximum absolute atomic E-state index is 11.8. The minimum absolute atomic E-state index is 0.380. The van der Waals surface area contributed by atoms with E-state index in [0.29, 0.717) is 5.56 Å². The fourth-order valence-electron chi connectivity index (χ4n) is 3.95. The summed E-state index contributed by atoms with van der Waals surface area (Å²) in [6, 6.07) is 9.58. The molecule has 2 aromatic rings. The van der Waals surface area contributed by atoms with Crippen molar-refractivity contribution in [1.82, 2.24) is 4.98 Å². The van der Waals surface area contributed by atoms with Gasteiger partial charge in [-0.15, -0.1) is 0 Å². The highest BCUT2D eigenvalue weighted by molar-refractivity contribution is 6.06. The van der Waals surface area contributed by atoms with E-state index in [0.717, 1.165) is 41.6 Å². The molecule has 4 rings (SSSR count). The van der Waals surface area contributed by atoms with Gasteiger partial charge in [0.05, 0.1) is 11.1 Å². The first-order chi connectivity index (χ1) is 10.2. The molecule has 1 saturated carbocycles. The number of carbonyl (C=O) groups excluding carboxylic acids is 1. The van der Waals surface area contributed by atoms with Crippen LogP contribution in [0, 0.1) is 11.8 Å². The third kappa shape index (κ3) is 2.06. The number of fused-ring (bicyclic) bond motifs is 2. The average Bonchev–Trinajstić information content (AvgIpc) is 3.07. The lowest BCUT2D eigenvalue weighted by Crippen LogP contribution is -2.23. The second-order valence-electron chi connectivity index (χ2n) is 6.27. The quantitative estimate of drug-likeness (QED) is 0.920. The molecule has 2 N–H and O–H groups in total. The molecule has 1 aromatic heterocycles. The fraction of sp³-hybridized carbons (Fsp3) is 0.412. The van der Waals surface area contributed by atoms with Crippen LogP contribution >= 0.6 is 0 Å². The zero-order valence-electron chi connectivity index (χ0n) is 12.0. The van der Waals surface area contributed by atoms with Gasteiger partial charge >= 0.3 is 0 Å². The lowest BCUT2D eigenvalue weighted by atomic mass is 10.0. The predicted octanol–water partition coefficient (Wildman–Crippen LogP) is 2.57. The Morgan fingerprint density at radius 1 is 1.19 bits per heavy atom. The minimum Gasteiger partial charge on any atom is -0.366 e. The van der Waals surface area contributed by atoms with Crippen molar-refractivity contribution < 1.29 is 4.79 Å². The monoisotopic (exact) mass is 281 g/mol. The summed E-state index contributed by atoms with van der Waals surface area (Å²) >= 11 is 0. The largest absolute Gasteiger partial charge is 0.366 e. The van der Waals surface area contributed by atoms with E-state index in [4.69, 9.17) is 10.7 Å². The number of rotatable bonds is 2. The van der Waals surface area contributed by atoms with Gasteiger partial charge in [0.1, 0.15) is 5.82 Å². The maximum atomic E-state index is 11.8. The molecule has 1 saturated heterocycles. The van der Waals surface area contributed by atoms with Gasteiger partial charge in [-0.1, -0.05) is 24.6 Å². The van der Waals surface area contributed by atoms with Crippen LogP contribution in [-0.2, 0) is 0 Å². The number of aromatic nitrogens is 1. The van der Waals surface area contributed by atoms with Crippen LogP contribution in [0.2, 0.25) is 0 Å². The minimum atomic E-state index is -0.380. The van der Waals surface area contributed by atoms with Crippen molar-refractivity contribution in [3.05, 3.63) is 35.9 Å². The van der Waals surface area contributed by atoms with Crippen LogP contribution in [-0.4, -0.2) is 24.0 Å². The Morgan fingerprint density at radius 3 is 2.62 bits per heavy atom. The number of para-hydroxylation sites is 1. The molecule has 2 heterocycles. The van der Waals surface area contributed by atoms with Gasteiger partial charge in [-0.05, 0) is 36.8 Å². The zero-order chi connectivity index (χ0) is 14.4. The van der Waals surface area contributed by atoms with Crippen LogP contribution in [0.5, 0.6) is 0 Å². The summed E-state index contributed by atoms with van der Waals surface area (Å²) in [5.41, 5.74) is 6.98. The molecule has 108 valence electrons. The summed E-state index contributed by atoms with van der Waals surface area (Å²) in [5, 5.41) is 0.841. The summed E-state index contributed by atoms with van der Waals surface area (Å²) in [4.78, 5) is 18.8. The maximum Gasteiger partial charge on any atom is 0.249 e. The van der Waals surface area contributed by atoms with Crippen LogP contribution in [0.4, 0.5) is 5.82 Å². The Balaban J connectivity index is 1.77. The third-order valence-electron chi connectivity index (χ3n) is 5.02. The lowest BCUT2D eigenvalue weighted by Gasteiger charge is -2.19. The first-order valence-corrected chi connectivity index (χ1v) is 7.67. The molecule has 4 nitrogen and oxygen atoms in total. The normalized spacial score (nSPS) is 24.5. The number of carbonyl (C=O) groups is 1. The van der Waals surface area contributed by atoms with Gasteiger partial charge in [-0.3, -0.25) is 4.79 Å². The van der Waals surface area contributed by atoms with E-state index >= 15 is 0 Å². The van der Waals surface area contributed by atoms with Crippen molar-refractivity contribution in [1.29, 1.82) is 0 Å². The van der Waals surface area contributed by atoms with Crippen LogP contribution < -0.4 is 10.6 Å². The smallest absolute Gasteiger partial charge is 0.249 e. The van der Waals surface area contributed by atoms with Crippen LogP contribution in [0.25, 0.3) is 10.9 Å². The molecular weight excluding hydrogens is 262 g/mol. The number of hydrogen-bond acceptors (Lipinski definition) is 3. The molecule has 21 heavy (non-hydrogen) atoms. The number of amides is 1. The highest BCUT2D eigenvalue weighted by Gasteiger charge is 2.36. The van der Waals surface area contributed by atoms with E-state index in [9.17, 15) is 4.79 Å². The highest BCUT2D eigenvalue weighted by atomic mass is 16.1. The van der Waals surface area contributed by atoms with Gasteiger partial charge in [-0.2, -0.15) is 0 Å². The Bertz CT molecular complexity index is 700. The Kier molecular flexibility index (Phi) is 2.84. The molecule has 4 heteroatoms. The van der Waals surface area contributed by atoms with Crippen molar-refractivity contribution in [2.45, 2.75) is 19.3 Å². The first kappa shape index (κ1) is 12.6. The molecule has 2 unspecified atom stereocenters. The van der Waals surface area contributed by atoms with Gasteiger partial charge in [0.15, 0.2) is 0 Å². The summed E-state index contributed by atoms with van der Waals surface area (Å²) in [5.74, 6) is 2.12. The zero-order valence-corrected chi connectivity index (χ0v) is 12.0. The summed E-state index contributed by atoms with van der Waals surface area (Å²) in [6.45, 7) is 2.13. The Morgan fingerprint density at radius 2 is 1.90 bits per heavy atom. The molecule has 1 amide bonds. The molecule has 2 fully saturated rings. The SMILES string of the molecule is NC(=O)c1cc(N2CC3CCCC3C2)nc2ccccc12. The van der Waals surface area contributed by atoms with Gasteiger partial charge < -0.3 is 10.6 Å². The van der Waals surface area contributed by atoms with E-state index < -0.39 is 0 Å². The number of nitrogens with zero attached hydrogens (tertiary/aromatic N) is 2. The van der Waals surface area contributed by atoms with Gasteiger partial charge in [-0.25, -0.2) is 4.98 Å². The second-order valence-corrected chi connectivity index (χ2v) is 6.27. The van der Waals surface area contributed by atoms with Crippen molar-refractivity contribution in [3.8, 4) is 0 Å². The van der Waals surface area contributed by atoms with Crippen LogP contribution in [0.3, 0.4) is 0 Å². The topological polar surface area (TPSA) is 59.2 Å². The first-order valence-electron chi connectivity index (χ1n) is 7.67. The number of nitrogens with two attached hydrogens (primary N) is 1. The van der Waals surface area contributed by atoms with E-state index in [2.05, 4.69) is 4.90 Å². The molecule has 0 spiro atoms. The Labute approximate surface area is 124 Å². The third-order valence-corrected chi connectivity index (χ3v) is 5.02. The van der Waals surface area contributed by atoms with E-state index in [1.165, 1.54) is 19.3 Å². The summed E-state index contributed by atoms with van der Waals surface area (Å²) < 4.78 is 0.